The Labute approximate surface area is 120 Å². The molecule has 0 unspecified atom stereocenters. The van der Waals surface area contributed by atoms with Crippen LogP contribution in [0.1, 0.15) is 11.1 Å². The second kappa shape index (κ2) is 7.23. The van der Waals surface area contributed by atoms with Crippen molar-refractivity contribution in [2.45, 2.75) is 13.2 Å². The van der Waals surface area contributed by atoms with Gasteiger partial charge in [0, 0.05) is 5.56 Å². The topological polar surface area (TPSA) is 51.1 Å². The van der Waals surface area contributed by atoms with Crippen molar-refractivity contribution in [2.75, 3.05) is 0 Å². The van der Waals surface area contributed by atoms with Crippen LogP contribution in [0, 0.1) is 0 Å². The maximum Gasteiger partial charge on any atom is 0.387 e. The van der Waals surface area contributed by atoms with Crippen LogP contribution in [0.4, 0.5) is 8.78 Å². The highest BCUT2D eigenvalue weighted by atomic mass is 19.3. The summed E-state index contributed by atoms with van der Waals surface area (Å²) in [6.07, 6.45) is 1.17. The third kappa shape index (κ3) is 4.45. The number of nitrogens with zero attached hydrogens (tertiary/aromatic N) is 1. The third-order valence-corrected chi connectivity index (χ3v) is 2.63. The van der Waals surface area contributed by atoms with Gasteiger partial charge in [-0.2, -0.15) is 8.78 Å². The standard InChI is InChI=1S/C15H13F2NO3/c16-15(17)21-13-7-6-12(9-18-19)8-14(13)20-10-11-4-2-1-3-5-11/h1-9,15,19H,10H2. The summed E-state index contributed by atoms with van der Waals surface area (Å²) in [7, 11) is 0. The van der Waals surface area contributed by atoms with Crippen LogP contribution in [0.2, 0.25) is 0 Å². The molecule has 6 heteroatoms. The third-order valence-electron chi connectivity index (χ3n) is 2.63. The molecule has 0 aliphatic carbocycles. The van der Waals surface area contributed by atoms with E-state index in [0.29, 0.717) is 5.56 Å². The summed E-state index contributed by atoms with van der Waals surface area (Å²) in [5.41, 5.74) is 1.39. The lowest BCUT2D eigenvalue weighted by molar-refractivity contribution is -0.0515. The van der Waals surface area contributed by atoms with Crippen LogP contribution in [0.15, 0.2) is 53.7 Å². The van der Waals surface area contributed by atoms with Crippen LogP contribution >= 0.6 is 0 Å². The Morgan fingerprint density at radius 2 is 1.86 bits per heavy atom. The van der Waals surface area contributed by atoms with Gasteiger partial charge in [0.05, 0.1) is 6.21 Å². The van der Waals surface area contributed by atoms with Crippen molar-refractivity contribution >= 4 is 6.21 Å². The van der Waals surface area contributed by atoms with Crippen molar-refractivity contribution in [3.63, 3.8) is 0 Å². The summed E-state index contributed by atoms with van der Waals surface area (Å²) >= 11 is 0. The van der Waals surface area contributed by atoms with E-state index < -0.39 is 6.61 Å². The van der Waals surface area contributed by atoms with Crippen LogP contribution in [0.5, 0.6) is 11.5 Å². The first-order chi connectivity index (χ1) is 10.2. The van der Waals surface area contributed by atoms with E-state index in [-0.39, 0.29) is 18.1 Å². The van der Waals surface area contributed by atoms with Gasteiger partial charge in [0.2, 0.25) is 0 Å². The fourth-order valence-corrected chi connectivity index (χ4v) is 1.71. The van der Waals surface area contributed by atoms with Crippen LogP contribution in [-0.4, -0.2) is 18.0 Å². The molecule has 21 heavy (non-hydrogen) atoms. The molecule has 1 N–H and O–H groups in total. The summed E-state index contributed by atoms with van der Waals surface area (Å²) in [5.74, 6) is 0.0765. The predicted molar refractivity (Wildman–Crippen MR) is 73.2 cm³/mol. The van der Waals surface area contributed by atoms with Gasteiger partial charge in [-0.15, -0.1) is 0 Å². The molecule has 0 amide bonds. The van der Waals surface area contributed by atoms with Gasteiger partial charge in [-0.25, -0.2) is 0 Å². The Morgan fingerprint density at radius 1 is 1.10 bits per heavy atom. The minimum absolute atomic E-state index is 0.0731. The van der Waals surface area contributed by atoms with Crippen LogP contribution in [0.25, 0.3) is 0 Å². The van der Waals surface area contributed by atoms with Crippen molar-refractivity contribution < 1.29 is 23.5 Å². The Morgan fingerprint density at radius 3 is 2.52 bits per heavy atom. The number of rotatable bonds is 6. The van der Waals surface area contributed by atoms with Gasteiger partial charge in [-0.1, -0.05) is 35.5 Å². The highest BCUT2D eigenvalue weighted by Crippen LogP contribution is 2.30. The SMILES string of the molecule is ON=Cc1ccc(OC(F)F)c(OCc2ccccc2)c1. The molecule has 0 spiro atoms. The Balaban J connectivity index is 2.19. The largest absolute Gasteiger partial charge is 0.485 e. The fourth-order valence-electron chi connectivity index (χ4n) is 1.71. The highest BCUT2D eigenvalue weighted by molar-refractivity contribution is 5.80. The van der Waals surface area contributed by atoms with Gasteiger partial charge in [0.25, 0.3) is 0 Å². The molecule has 0 heterocycles. The number of alkyl halides is 2. The summed E-state index contributed by atoms with van der Waals surface area (Å²) in [6.45, 7) is -2.73. The number of ether oxygens (including phenoxy) is 2. The normalized spacial score (nSPS) is 11.0. The van der Waals surface area contributed by atoms with E-state index in [9.17, 15) is 8.78 Å². The number of oxime groups is 1. The van der Waals surface area contributed by atoms with Crippen molar-refractivity contribution in [2.24, 2.45) is 5.16 Å². The molecule has 4 nitrogen and oxygen atoms in total. The number of halogens is 2. The number of hydrogen-bond acceptors (Lipinski definition) is 4. The summed E-state index contributed by atoms with van der Waals surface area (Å²) in [6, 6.07) is 13.6. The smallest absolute Gasteiger partial charge is 0.387 e. The zero-order chi connectivity index (χ0) is 15.1. The van der Waals surface area contributed by atoms with Crippen molar-refractivity contribution in [3.8, 4) is 11.5 Å². The lowest BCUT2D eigenvalue weighted by Gasteiger charge is -2.12. The predicted octanol–water partition coefficient (Wildman–Crippen LogP) is 3.68. The Kier molecular flexibility index (Phi) is 5.09. The highest BCUT2D eigenvalue weighted by Gasteiger charge is 2.11. The first-order valence-electron chi connectivity index (χ1n) is 6.12. The van der Waals surface area contributed by atoms with E-state index in [2.05, 4.69) is 9.89 Å². The molecule has 0 aliphatic heterocycles. The maximum atomic E-state index is 12.4. The van der Waals surface area contributed by atoms with E-state index in [1.54, 1.807) is 0 Å². The van der Waals surface area contributed by atoms with Crippen LogP contribution in [-0.2, 0) is 6.61 Å². The summed E-state index contributed by atoms with van der Waals surface area (Å²) in [4.78, 5) is 0. The first-order valence-corrected chi connectivity index (χ1v) is 6.12. The average Bonchev–Trinajstić information content (AvgIpc) is 2.48. The molecule has 0 bridgehead atoms. The lowest BCUT2D eigenvalue weighted by atomic mass is 10.2. The first kappa shape index (κ1) is 14.8. The zero-order valence-corrected chi connectivity index (χ0v) is 10.9. The van der Waals surface area contributed by atoms with Crippen molar-refractivity contribution in [3.05, 3.63) is 59.7 Å². The molecule has 0 fully saturated rings. The molecule has 0 saturated heterocycles. The van der Waals surface area contributed by atoms with Gasteiger partial charge in [-0.3, -0.25) is 0 Å². The van der Waals surface area contributed by atoms with Gasteiger partial charge >= 0.3 is 6.61 Å². The van der Waals surface area contributed by atoms with E-state index >= 15 is 0 Å². The summed E-state index contributed by atoms with van der Waals surface area (Å²) < 4.78 is 34.6. The van der Waals surface area contributed by atoms with Crippen molar-refractivity contribution in [1.82, 2.24) is 0 Å². The lowest BCUT2D eigenvalue weighted by Crippen LogP contribution is -2.05. The number of hydrogen-bond donors (Lipinski definition) is 1. The second-order valence-electron chi connectivity index (χ2n) is 4.10. The van der Waals surface area contributed by atoms with E-state index in [1.165, 1.54) is 24.4 Å². The van der Waals surface area contributed by atoms with E-state index in [1.807, 2.05) is 30.3 Å². The Bertz CT molecular complexity index is 603. The molecule has 0 aromatic heterocycles. The molecule has 2 aromatic carbocycles. The quantitative estimate of drug-likeness (QED) is 0.502. The van der Waals surface area contributed by atoms with Gasteiger partial charge in [0.15, 0.2) is 11.5 Å². The van der Waals surface area contributed by atoms with Crippen LogP contribution < -0.4 is 9.47 Å². The summed E-state index contributed by atoms with van der Waals surface area (Å²) in [5, 5.41) is 11.4. The Hall–Kier alpha value is -2.63. The van der Waals surface area contributed by atoms with Crippen LogP contribution in [0.3, 0.4) is 0 Å². The van der Waals surface area contributed by atoms with Gasteiger partial charge < -0.3 is 14.7 Å². The molecule has 0 atom stereocenters. The number of benzene rings is 2. The van der Waals surface area contributed by atoms with E-state index in [0.717, 1.165) is 5.56 Å². The molecule has 0 aliphatic rings. The minimum Gasteiger partial charge on any atom is -0.485 e. The van der Waals surface area contributed by atoms with E-state index in [4.69, 9.17) is 9.94 Å². The molecular weight excluding hydrogens is 280 g/mol. The second-order valence-corrected chi connectivity index (χ2v) is 4.10. The molecule has 2 rings (SSSR count). The van der Waals surface area contributed by atoms with Gasteiger partial charge in [-0.05, 0) is 23.8 Å². The molecular formula is C15H13F2NO3. The molecule has 110 valence electrons. The van der Waals surface area contributed by atoms with Gasteiger partial charge in [0.1, 0.15) is 6.61 Å². The molecule has 0 radical (unpaired) electrons. The fraction of sp³-hybridized carbons (Fsp3) is 0.133. The molecule has 0 saturated carbocycles. The van der Waals surface area contributed by atoms with Crippen molar-refractivity contribution in [1.29, 1.82) is 0 Å². The minimum atomic E-state index is -2.94. The average molecular weight is 293 g/mol. The monoisotopic (exact) mass is 293 g/mol. The maximum absolute atomic E-state index is 12.4. The zero-order valence-electron chi connectivity index (χ0n) is 10.9. The molecule has 2 aromatic rings.